The van der Waals surface area contributed by atoms with Crippen LogP contribution in [-0.2, 0) is 10.0 Å². The van der Waals surface area contributed by atoms with Crippen molar-refractivity contribution in [3.05, 3.63) is 65.9 Å². The van der Waals surface area contributed by atoms with Gasteiger partial charge in [0.05, 0.1) is 5.75 Å². The van der Waals surface area contributed by atoms with Crippen molar-refractivity contribution in [1.82, 2.24) is 9.29 Å². The fourth-order valence-corrected chi connectivity index (χ4v) is 6.88. The lowest BCUT2D eigenvalue weighted by atomic mass is 10.0. The molecule has 1 saturated heterocycles. The second-order valence-corrected chi connectivity index (χ2v) is 11.5. The third-order valence-corrected chi connectivity index (χ3v) is 9.21. The van der Waals surface area contributed by atoms with Crippen molar-refractivity contribution in [2.45, 2.75) is 23.8 Å². The molecule has 0 aliphatic carbocycles. The van der Waals surface area contributed by atoms with Gasteiger partial charge in [-0.2, -0.15) is 0 Å². The maximum absolute atomic E-state index is 12.9. The number of thioether (sulfide) groups is 1. The number of sulfonamides is 1. The number of nitrogens with zero attached hydrogens (tertiary/aromatic N) is 3. The highest BCUT2D eigenvalue weighted by molar-refractivity contribution is 8.00. The zero-order valence-corrected chi connectivity index (χ0v) is 19.8. The minimum atomic E-state index is -3.29. The lowest BCUT2D eigenvalue weighted by Crippen LogP contribution is -2.46. The van der Waals surface area contributed by atoms with Crippen LogP contribution >= 0.6 is 23.4 Å². The molecule has 0 bridgehead atoms. The number of halogens is 1. The number of benzene rings is 2. The van der Waals surface area contributed by atoms with Crippen molar-refractivity contribution < 1.29 is 8.42 Å². The molecule has 0 spiro atoms. The van der Waals surface area contributed by atoms with Crippen LogP contribution in [0.5, 0.6) is 0 Å². The molecule has 1 aliphatic rings. The monoisotopic (exact) mass is 475 g/mol. The van der Waals surface area contributed by atoms with E-state index in [1.807, 2.05) is 42.5 Å². The van der Waals surface area contributed by atoms with Gasteiger partial charge in [-0.3, -0.25) is 4.98 Å². The van der Waals surface area contributed by atoms with E-state index in [1.54, 1.807) is 35.5 Å². The predicted molar refractivity (Wildman–Crippen MR) is 131 cm³/mol. The highest BCUT2D eigenvalue weighted by atomic mass is 35.5. The molecule has 3 aromatic rings. The van der Waals surface area contributed by atoms with E-state index >= 15 is 0 Å². The van der Waals surface area contributed by atoms with E-state index in [-0.39, 0.29) is 11.8 Å². The van der Waals surface area contributed by atoms with Crippen molar-refractivity contribution in [2.24, 2.45) is 0 Å². The van der Waals surface area contributed by atoms with Crippen LogP contribution in [0.15, 0.2) is 65.8 Å². The van der Waals surface area contributed by atoms with Crippen LogP contribution in [0, 0.1) is 0 Å². The molecule has 0 amide bonds. The summed E-state index contributed by atoms with van der Waals surface area (Å²) in [5.41, 5.74) is 1.15. The van der Waals surface area contributed by atoms with Crippen LogP contribution in [0.1, 0.15) is 12.8 Å². The summed E-state index contributed by atoms with van der Waals surface area (Å²) in [4.78, 5) is 7.42. The molecule has 1 aromatic heterocycles. The smallest absolute Gasteiger partial charge is 0.214 e. The van der Waals surface area contributed by atoms with Gasteiger partial charge >= 0.3 is 0 Å². The van der Waals surface area contributed by atoms with Gasteiger partial charge in [0.15, 0.2) is 0 Å². The number of anilines is 1. The largest absolute Gasteiger partial charge is 0.371 e. The first-order valence-corrected chi connectivity index (χ1v) is 13.3. The Balaban J connectivity index is 1.30. The van der Waals surface area contributed by atoms with Gasteiger partial charge in [-0.1, -0.05) is 23.7 Å². The van der Waals surface area contributed by atoms with Gasteiger partial charge < -0.3 is 4.90 Å². The van der Waals surface area contributed by atoms with Gasteiger partial charge in [-0.15, -0.1) is 11.8 Å². The molecule has 0 radical (unpaired) electrons. The van der Waals surface area contributed by atoms with Gasteiger partial charge in [0.2, 0.25) is 10.0 Å². The molecule has 0 atom stereocenters. The summed E-state index contributed by atoms with van der Waals surface area (Å²) in [7, 11) is -1.57. The van der Waals surface area contributed by atoms with Crippen molar-refractivity contribution in [1.29, 1.82) is 0 Å². The number of piperidine rings is 1. The highest BCUT2D eigenvalue weighted by Crippen LogP contribution is 2.27. The molecule has 1 aliphatic heterocycles. The average molecular weight is 476 g/mol. The lowest BCUT2D eigenvalue weighted by molar-refractivity contribution is 0.312. The molecule has 2 aromatic carbocycles. The number of rotatable bonds is 7. The minimum Gasteiger partial charge on any atom is -0.371 e. The second-order valence-electron chi connectivity index (χ2n) is 7.76. The van der Waals surface area contributed by atoms with Crippen LogP contribution in [-0.4, -0.2) is 55.4 Å². The molecule has 0 saturated carbocycles. The predicted octanol–water partition coefficient (Wildman–Crippen LogP) is 4.91. The number of fused-ring (bicyclic) bond motifs is 1. The summed E-state index contributed by atoms with van der Waals surface area (Å²) in [5.74, 6) is 0.666. The molecule has 4 rings (SSSR count). The van der Waals surface area contributed by atoms with Gasteiger partial charge in [0, 0.05) is 59.9 Å². The van der Waals surface area contributed by atoms with Crippen LogP contribution < -0.4 is 4.90 Å². The van der Waals surface area contributed by atoms with Crippen molar-refractivity contribution in [3.8, 4) is 0 Å². The second kappa shape index (κ2) is 9.77. The van der Waals surface area contributed by atoms with Crippen LogP contribution in [0.2, 0.25) is 5.02 Å². The topological polar surface area (TPSA) is 53.5 Å². The Kier molecular flexibility index (Phi) is 7.06. The van der Waals surface area contributed by atoms with Gasteiger partial charge in [0.25, 0.3) is 0 Å². The van der Waals surface area contributed by atoms with E-state index in [9.17, 15) is 8.42 Å². The Hall–Kier alpha value is -1.80. The van der Waals surface area contributed by atoms with Crippen molar-refractivity contribution in [3.63, 3.8) is 0 Å². The first kappa shape index (κ1) is 22.4. The zero-order chi connectivity index (χ0) is 21.8. The lowest BCUT2D eigenvalue weighted by Gasteiger charge is -2.37. The molecule has 1 fully saturated rings. The molecule has 0 N–H and O–H groups in total. The van der Waals surface area contributed by atoms with Crippen LogP contribution in [0.25, 0.3) is 10.8 Å². The standard InChI is InChI=1S/C23H26ClN3O2S2/c1-26(21-8-12-27(13-9-21)22-6-10-25-11-7-22)31(28,29)15-14-30-23-5-3-18-16-20(24)4-2-19(18)17-23/h2-7,10-11,16-17,21H,8-9,12-15H2,1H3. The van der Waals surface area contributed by atoms with E-state index in [4.69, 9.17) is 11.6 Å². The number of hydrogen-bond acceptors (Lipinski definition) is 5. The fraction of sp³-hybridized carbons (Fsp3) is 0.348. The molecule has 31 heavy (non-hydrogen) atoms. The number of aromatic nitrogens is 1. The summed E-state index contributed by atoms with van der Waals surface area (Å²) in [6.45, 7) is 1.70. The molecule has 5 nitrogen and oxygen atoms in total. The highest BCUT2D eigenvalue weighted by Gasteiger charge is 2.29. The SMILES string of the molecule is CN(C1CCN(c2ccncc2)CC1)S(=O)(=O)CCSc1ccc2cc(Cl)ccc2c1. The number of hydrogen-bond donors (Lipinski definition) is 0. The van der Waals surface area contributed by atoms with Crippen LogP contribution in [0.3, 0.4) is 0 Å². The summed E-state index contributed by atoms with van der Waals surface area (Å²) >= 11 is 7.62. The van der Waals surface area contributed by atoms with Crippen molar-refractivity contribution in [2.75, 3.05) is 36.5 Å². The Morgan fingerprint density at radius 2 is 1.74 bits per heavy atom. The molecular weight excluding hydrogens is 450 g/mol. The summed E-state index contributed by atoms with van der Waals surface area (Å²) in [5, 5.41) is 2.91. The average Bonchev–Trinajstić information content (AvgIpc) is 2.79. The Morgan fingerprint density at radius 3 is 2.48 bits per heavy atom. The molecular formula is C23H26ClN3O2S2. The Morgan fingerprint density at radius 1 is 1.06 bits per heavy atom. The van der Waals surface area contributed by atoms with E-state index < -0.39 is 10.0 Å². The fourth-order valence-electron chi connectivity index (χ4n) is 3.96. The van der Waals surface area contributed by atoms with Gasteiger partial charge in [-0.05, 0) is 60.0 Å². The summed E-state index contributed by atoms with van der Waals surface area (Å²) < 4.78 is 27.4. The quantitative estimate of drug-likeness (QED) is 0.454. The molecule has 0 unspecified atom stereocenters. The minimum absolute atomic E-state index is 0.0542. The zero-order valence-electron chi connectivity index (χ0n) is 17.4. The number of pyridine rings is 1. The third kappa shape index (κ3) is 5.52. The first-order chi connectivity index (χ1) is 14.9. The Bertz CT molecular complexity index is 1130. The normalized spacial score (nSPS) is 15.6. The third-order valence-electron chi connectivity index (χ3n) is 5.83. The van der Waals surface area contributed by atoms with Gasteiger partial charge in [0.1, 0.15) is 0 Å². The van der Waals surface area contributed by atoms with E-state index in [1.165, 1.54) is 0 Å². The van der Waals surface area contributed by atoms with Crippen molar-refractivity contribution >= 4 is 49.8 Å². The first-order valence-electron chi connectivity index (χ1n) is 10.4. The maximum Gasteiger partial charge on any atom is 0.214 e. The van der Waals surface area contributed by atoms with Gasteiger partial charge in [-0.25, -0.2) is 12.7 Å². The van der Waals surface area contributed by atoms with E-state index in [0.717, 1.165) is 47.3 Å². The molecule has 8 heteroatoms. The Labute approximate surface area is 193 Å². The molecule has 2 heterocycles. The van der Waals surface area contributed by atoms with E-state index in [0.29, 0.717) is 10.8 Å². The van der Waals surface area contributed by atoms with E-state index in [2.05, 4.69) is 16.0 Å². The van der Waals surface area contributed by atoms with Crippen LogP contribution in [0.4, 0.5) is 5.69 Å². The molecule has 164 valence electrons. The summed E-state index contributed by atoms with van der Waals surface area (Å²) in [6, 6.07) is 16.0. The maximum atomic E-state index is 12.9. The summed E-state index contributed by atoms with van der Waals surface area (Å²) in [6.07, 6.45) is 5.25.